The first-order valence-corrected chi connectivity index (χ1v) is 6.57. The molecule has 0 bridgehead atoms. The van der Waals surface area contributed by atoms with E-state index in [0.29, 0.717) is 16.5 Å². The average Bonchev–Trinajstić information content (AvgIpc) is 2.82. The predicted molar refractivity (Wildman–Crippen MR) is 77.4 cm³/mol. The molecule has 2 nitrogen and oxygen atoms in total. The molecule has 0 aliphatic heterocycles. The van der Waals surface area contributed by atoms with Gasteiger partial charge in [-0.2, -0.15) is 4.98 Å². The molecule has 0 aliphatic rings. The Bertz CT molecular complexity index is 673. The number of benzene rings is 2. The van der Waals surface area contributed by atoms with Gasteiger partial charge in [0, 0.05) is 16.1 Å². The summed E-state index contributed by atoms with van der Waals surface area (Å²) in [4.78, 5) is 4.15. The van der Waals surface area contributed by atoms with E-state index >= 15 is 0 Å². The molecule has 0 radical (unpaired) electrons. The molecule has 0 N–H and O–H groups in total. The molecule has 3 rings (SSSR count). The number of rotatable bonds is 2. The van der Waals surface area contributed by atoms with Crippen LogP contribution in [0.3, 0.4) is 0 Å². The summed E-state index contributed by atoms with van der Waals surface area (Å²) < 4.78 is 18.4. The first-order valence-electron chi connectivity index (χ1n) is 5.82. The van der Waals surface area contributed by atoms with Gasteiger partial charge in [-0.25, -0.2) is 4.39 Å². The van der Waals surface area contributed by atoms with Gasteiger partial charge in [-0.3, -0.25) is 0 Å². The minimum atomic E-state index is -0.309. The van der Waals surface area contributed by atoms with Crippen LogP contribution < -0.4 is 0 Å². The van der Waals surface area contributed by atoms with Gasteiger partial charge in [-0.15, -0.1) is 0 Å². The van der Waals surface area contributed by atoms with E-state index in [0.717, 1.165) is 11.1 Å². The van der Waals surface area contributed by atoms with Crippen molar-refractivity contribution in [1.29, 1.82) is 0 Å². The Hall–Kier alpha value is -1.84. The topological polar surface area (TPSA) is 26.0 Å². The smallest absolute Gasteiger partial charge is 0.293 e. The van der Waals surface area contributed by atoms with Gasteiger partial charge in [-0.05, 0) is 60.1 Å². The van der Waals surface area contributed by atoms with E-state index in [2.05, 4.69) is 4.98 Å². The number of hydrogen-bond donors (Lipinski definition) is 0. The van der Waals surface area contributed by atoms with Crippen molar-refractivity contribution in [3.63, 3.8) is 0 Å². The molecule has 20 heavy (non-hydrogen) atoms. The summed E-state index contributed by atoms with van der Waals surface area (Å²) in [6.07, 6.45) is 0. The monoisotopic (exact) mass is 307 g/mol. The van der Waals surface area contributed by atoms with Crippen LogP contribution in [0.1, 0.15) is 0 Å². The van der Waals surface area contributed by atoms with Gasteiger partial charge in [0.2, 0.25) is 0 Å². The molecule has 0 unspecified atom stereocenters. The van der Waals surface area contributed by atoms with Crippen molar-refractivity contribution < 1.29 is 8.81 Å². The van der Waals surface area contributed by atoms with Crippen LogP contribution in [0.2, 0.25) is 10.4 Å². The van der Waals surface area contributed by atoms with Gasteiger partial charge in [0.25, 0.3) is 5.35 Å². The minimum Gasteiger partial charge on any atom is -0.427 e. The van der Waals surface area contributed by atoms with Crippen LogP contribution in [0.4, 0.5) is 4.39 Å². The molecule has 0 amide bonds. The Balaban J connectivity index is 2.12. The summed E-state index contributed by atoms with van der Waals surface area (Å²) in [5.74, 6) is 0.217. The van der Waals surface area contributed by atoms with E-state index in [-0.39, 0.29) is 11.2 Å². The first-order chi connectivity index (χ1) is 9.63. The zero-order valence-corrected chi connectivity index (χ0v) is 11.6. The van der Waals surface area contributed by atoms with Crippen molar-refractivity contribution in [3.8, 4) is 22.6 Å². The Kier molecular flexibility index (Phi) is 3.47. The van der Waals surface area contributed by atoms with Gasteiger partial charge in [0.1, 0.15) is 11.5 Å². The fourth-order valence-corrected chi connectivity index (χ4v) is 2.18. The summed E-state index contributed by atoms with van der Waals surface area (Å²) in [7, 11) is 0. The van der Waals surface area contributed by atoms with Crippen LogP contribution in [0.5, 0.6) is 0 Å². The largest absolute Gasteiger partial charge is 0.427 e. The van der Waals surface area contributed by atoms with E-state index in [9.17, 15) is 4.39 Å². The molecule has 0 aliphatic carbocycles. The van der Waals surface area contributed by atoms with Crippen molar-refractivity contribution >= 4 is 23.2 Å². The quantitative estimate of drug-likeness (QED) is 0.629. The summed E-state index contributed by atoms with van der Waals surface area (Å²) >= 11 is 11.7. The molecule has 2 aromatic carbocycles. The highest BCUT2D eigenvalue weighted by molar-refractivity contribution is 6.30. The van der Waals surface area contributed by atoms with Gasteiger partial charge in [0.15, 0.2) is 5.76 Å². The lowest BCUT2D eigenvalue weighted by molar-refractivity contribution is 0.574. The maximum Gasteiger partial charge on any atom is 0.293 e. The Labute approximate surface area is 124 Å². The zero-order chi connectivity index (χ0) is 14.1. The van der Waals surface area contributed by atoms with E-state index < -0.39 is 0 Å². The third kappa shape index (κ3) is 2.55. The van der Waals surface area contributed by atoms with E-state index in [4.69, 9.17) is 27.6 Å². The molecule has 0 spiro atoms. The van der Waals surface area contributed by atoms with Gasteiger partial charge >= 0.3 is 0 Å². The predicted octanol–water partition coefficient (Wildman–Crippen LogP) is 5.45. The number of oxazole rings is 1. The second-order valence-electron chi connectivity index (χ2n) is 4.16. The number of halogens is 3. The van der Waals surface area contributed by atoms with E-state index in [1.807, 2.05) is 12.1 Å². The molecule has 5 heteroatoms. The average molecular weight is 308 g/mol. The Morgan fingerprint density at radius 2 is 1.45 bits per heavy atom. The van der Waals surface area contributed by atoms with Crippen molar-refractivity contribution in [3.05, 3.63) is 64.7 Å². The number of aromatic nitrogens is 1. The molecule has 0 saturated heterocycles. The standard InChI is InChI=1S/C15H8Cl2FNO/c16-11-5-1-10(2-6-11)14-13(19-15(17)20-14)9-3-7-12(18)8-4-9/h1-8H. The van der Waals surface area contributed by atoms with Crippen LogP contribution >= 0.6 is 23.2 Å². The van der Waals surface area contributed by atoms with Crippen LogP contribution in [0, 0.1) is 5.82 Å². The molecular formula is C15H8Cl2FNO. The lowest BCUT2D eigenvalue weighted by Crippen LogP contribution is -1.83. The van der Waals surface area contributed by atoms with Gasteiger partial charge < -0.3 is 4.42 Å². The molecular weight excluding hydrogens is 300 g/mol. The van der Waals surface area contributed by atoms with Crippen LogP contribution in [-0.2, 0) is 0 Å². The van der Waals surface area contributed by atoms with Gasteiger partial charge in [-0.1, -0.05) is 11.6 Å². The normalized spacial score (nSPS) is 10.8. The fraction of sp³-hybridized carbons (Fsp3) is 0. The third-order valence-corrected chi connectivity index (χ3v) is 3.24. The van der Waals surface area contributed by atoms with E-state index in [1.54, 1.807) is 24.3 Å². The molecule has 0 atom stereocenters. The number of nitrogens with zero attached hydrogens (tertiary/aromatic N) is 1. The third-order valence-electron chi connectivity index (χ3n) is 2.83. The number of hydrogen-bond acceptors (Lipinski definition) is 2. The molecule has 1 heterocycles. The first kappa shape index (κ1) is 13.2. The van der Waals surface area contributed by atoms with Crippen molar-refractivity contribution in [1.82, 2.24) is 4.98 Å². The molecule has 3 aromatic rings. The summed E-state index contributed by atoms with van der Waals surface area (Å²) in [5.41, 5.74) is 2.09. The molecule has 1 aromatic heterocycles. The summed E-state index contributed by atoms with van der Waals surface area (Å²) in [5, 5.41) is 0.664. The van der Waals surface area contributed by atoms with Gasteiger partial charge in [0.05, 0.1) is 0 Å². The maximum absolute atomic E-state index is 13.0. The van der Waals surface area contributed by atoms with Crippen LogP contribution in [0.25, 0.3) is 22.6 Å². The SMILES string of the molecule is Fc1ccc(-c2nc(Cl)oc2-c2ccc(Cl)cc2)cc1. The molecule has 0 fully saturated rings. The van der Waals surface area contributed by atoms with Crippen LogP contribution in [-0.4, -0.2) is 4.98 Å². The minimum absolute atomic E-state index is 0.0364. The second-order valence-corrected chi connectivity index (χ2v) is 4.92. The molecule has 0 saturated carbocycles. The Morgan fingerprint density at radius 3 is 2.10 bits per heavy atom. The second kappa shape index (κ2) is 5.27. The fourth-order valence-electron chi connectivity index (χ4n) is 1.89. The molecule has 100 valence electrons. The Morgan fingerprint density at radius 1 is 0.850 bits per heavy atom. The van der Waals surface area contributed by atoms with Crippen molar-refractivity contribution in [2.45, 2.75) is 0 Å². The van der Waals surface area contributed by atoms with E-state index in [1.165, 1.54) is 12.1 Å². The highest BCUT2D eigenvalue weighted by Gasteiger charge is 2.16. The van der Waals surface area contributed by atoms with Crippen molar-refractivity contribution in [2.24, 2.45) is 0 Å². The lowest BCUT2D eigenvalue weighted by atomic mass is 10.1. The lowest BCUT2D eigenvalue weighted by Gasteiger charge is -2.01. The summed E-state index contributed by atoms with van der Waals surface area (Å²) in [6, 6.07) is 13.1. The summed E-state index contributed by atoms with van der Waals surface area (Å²) in [6.45, 7) is 0. The highest BCUT2D eigenvalue weighted by atomic mass is 35.5. The van der Waals surface area contributed by atoms with Crippen LogP contribution in [0.15, 0.2) is 52.9 Å². The zero-order valence-electron chi connectivity index (χ0n) is 10.1. The highest BCUT2D eigenvalue weighted by Crippen LogP contribution is 2.34. The van der Waals surface area contributed by atoms with Crippen molar-refractivity contribution in [2.75, 3.05) is 0 Å². The maximum atomic E-state index is 13.0.